The molecule has 0 aliphatic carbocycles. The van der Waals surface area contributed by atoms with Crippen molar-refractivity contribution in [2.24, 2.45) is 0 Å². The normalized spacial score (nSPS) is 10.3. The lowest BCUT2D eigenvalue weighted by atomic mass is 10.1. The monoisotopic (exact) mass is 238 g/mol. The van der Waals surface area contributed by atoms with Gasteiger partial charge in [-0.2, -0.15) is 0 Å². The summed E-state index contributed by atoms with van der Waals surface area (Å²) in [5.41, 5.74) is 5.35. The van der Waals surface area contributed by atoms with Crippen molar-refractivity contribution in [2.75, 3.05) is 5.73 Å². The Morgan fingerprint density at radius 2 is 2.19 bits per heavy atom. The number of nitrogens with zero attached hydrogens (tertiary/aromatic N) is 1. The van der Waals surface area contributed by atoms with E-state index in [4.69, 9.17) is 5.73 Å². The van der Waals surface area contributed by atoms with Crippen LogP contribution in [-0.4, -0.2) is 4.92 Å². The van der Waals surface area contributed by atoms with Gasteiger partial charge in [0.2, 0.25) is 0 Å². The van der Waals surface area contributed by atoms with E-state index in [1.54, 1.807) is 17.5 Å². The molecule has 2 aromatic rings. The van der Waals surface area contributed by atoms with Crippen molar-refractivity contribution in [1.82, 2.24) is 0 Å². The fourth-order valence-corrected chi connectivity index (χ4v) is 2.10. The Labute approximate surface area is 94.3 Å². The molecule has 6 heteroatoms. The van der Waals surface area contributed by atoms with Crippen LogP contribution < -0.4 is 5.73 Å². The average molecular weight is 238 g/mol. The highest BCUT2D eigenvalue weighted by atomic mass is 32.1. The summed E-state index contributed by atoms with van der Waals surface area (Å²) in [7, 11) is 0. The number of anilines is 1. The molecule has 2 rings (SSSR count). The Bertz CT molecular complexity index is 540. The number of nitrogen functional groups attached to an aromatic ring is 1. The van der Waals surface area contributed by atoms with Crippen LogP contribution in [0.15, 0.2) is 29.6 Å². The zero-order chi connectivity index (χ0) is 11.7. The van der Waals surface area contributed by atoms with Crippen LogP contribution in [-0.2, 0) is 0 Å². The van der Waals surface area contributed by atoms with Crippen molar-refractivity contribution in [3.63, 3.8) is 0 Å². The molecule has 0 spiro atoms. The number of nitro groups is 1. The van der Waals surface area contributed by atoms with E-state index in [2.05, 4.69) is 0 Å². The predicted octanol–water partition coefficient (Wildman–Crippen LogP) is 3.04. The standard InChI is InChI=1S/C10H7FN2O2S/c11-7-5-9(13(14)15)8(12)4-6(7)10-2-1-3-16-10/h1-5H,12H2. The molecule has 1 aromatic heterocycles. The van der Waals surface area contributed by atoms with Gasteiger partial charge in [-0.3, -0.25) is 10.1 Å². The predicted molar refractivity (Wildman–Crippen MR) is 60.8 cm³/mol. The highest BCUT2D eigenvalue weighted by molar-refractivity contribution is 7.13. The van der Waals surface area contributed by atoms with E-state index in [-0.39, 0.29) is 11.3 Å². The maximum absolute atomic E-state index is 13.6. The summed E-state index contributed by atoms with van der Waals surface area (Å²) < 4.78 is 13.6. The Hall–Kier alpha value is -1.95. The maximum atomic E-state index is 13.6. The van der Waals surface area contributed by atoms with Crippen LogP contribution in [0.2, 0.25) is 0 Å². The Kier molecular flexibility index (Phi) is 2.57. The SMILES string of the molecule is Nc1cc(-c2cccs2)c(F)cc1[N+](=O)[O-]. The van der Waals surface area contributed by atoms with Crippen molar-refractivity contribution >= 4 is 22.7 Å². The minimum atomic E-state index is -0.698. The number of hydrogen-bond acceptors (Lipinski definition) is 4. The van der Waals surface area contributed by atoms with Gasteiger partial charge < -0.3 is 5.73 Å². The quantitative estimate of drug-likeness (QED) is 0.496. The van der Waals surface area contributed by atoms with Crippen molar-refractivity contribution < 1.29 is 9.31 Å². The molecule has 16 heavy (non-hydrogen) atoms. The third-order valence-corrected chi connectivity index (χ3v) is 3.00. The number of halogens is 1. The molecular formula is C10H7FN2O2S. The first-order valence-corrected chi connectivity index (χ1v) is 5.25. The number of nitro benzene ring substituents is 1. The van der Waals surface area contributed by atoms with Gasteiger partial charge in [-0.1, -0.05) is 6.07 Å². The third kappa shape index (κ3) is 1.74. The Morgan fingerprint density at radius 1 is 1.44 bits per heavy atom. The molecule has 1 aromatic carbocycles. The van der Waals surface area contributed by atoms with Crippen molar-refractivity contribution in [3.05, 3.63) is 45.6 Å². The molecule has 0 atom stereocenters. The molecule has 0 aliphatic rings. The van der Waals surface area contributed by atoms with E-state index in [0.717, 1.165) is 6.07 Å². The van der Waals surface area contributed by atoms with E-state index in [1.807, 2.05) is 0 Å². The Balaban J connectivity index is 2.59. The lowest BCUT2D eigenvalue weighted by Gasteiger charge is -2.02. The number of hydrogen-bond donors (Lipinski definition) is 1. The molecule has 0 unspecified atom stereocenters. The topological polar surface area (TPSA) is 69.2 Å². The zero-order valence-corrected chi connectivity index (χ0v) is 8.83. The van der Waals surface area contributed by atoms with Crippen molar-refractivity contribution in [1.29, 1.82) is 0 Å². The molecule has 82 valence electrons. The van der Waals surface area contributed by atoms with Crippen LogP contribution in [0.5, 0.6) is 0 Å². The molecule has 1 heterocycles. The summed E-state index contributed by atoms with van der Waals surface area (Å²) in [6.07, 6.45) is 0. The van der Waals surface area contributed by atoms with Crippen LogP contribution in [0.1, 0.15) is 0 Å². The van der Waals surface area contributed by atoms with Gasteiger partial charge >= 0.3 is 0 Å². The van der Waals surface area contributed by atoms with E-state index in [0.29, 0.717) is 4.88 Å². The van der Waals surface area contributed by atoms with E-state index < -0.39 is 16.4 Å². The minimum Gasteiger partial charge on any atom is -0.393 e. The molecule has 0 radical (unpaired) electrons. The first kappa shape index (κ1) is 10.6. The van der Waals surface area contributed by atoms with E-state index >= 15 is 0 Å². The largest absolute Gasteiger partial charge is 0.393 e. The summed E-state index contributed by atoms with van der Waals surface area (Å²) in [6, 6.07) is 5.65. The van der Waals surface area contributed by atoms with Gasteiger partial charge in [0.05, 0.1) is 11.0 Å². The summed E-state index contributed by atoms with van der Waals surface area (Å²) in [6.45, 7) is 0. The second-order valence-corrected chi connectivity index (χ2v) is 4.07. The summed E-state index contributed by atoms with van der Waals surface area (Å²) in [5.74, 6) is -0.636. The first-order chi connectivity index (χ1) is 7.59. The number of benzene rings is 1. The molecule has 0 saturated heterocycles. The molecule has 0 aliphatic heterocycles. The third-order valence-electron chi connectivity index (χ3n) is 2.10. The van der Waals surface area contributed by atoms with E-state index in [9.17, 15) is 14.5 Å². The van der Waals surface area contributed by atoms with Crippen LogP contribution in [0.3, 0.4) is 0 Å². The number of rotatable bonds is 2. The van der Waals surface area contributed by atoms with Crippen molar-refractivity contribution in [2.45, 2.75) is 0 Å². The number of thiophene rings is 1. The zero-order valence-electron chi connectivity index (χ0n) is 8.01. The van der Waals surface area contributed by atoms with Gasteiger partial charge in [0, 0.05) is 10.4 Å². The Morgan fingerprint density at radius 3 is 2.75 bits per heavy atom. The molecular weight excluding hydrogens is 231 g/mol. The number of nitrogens with two attached hydrogens (primary N) is 1. The molecule has 0 fully saturated rings. The lowest BCUT2D eigenvalue weighted by molar-refractivity contribution is -0.384. The highest BCUT2D eigenvalue weighted by Crippen LogP contribution is 2.33. The van der Waals surface area contributed by atoms with Crippen molar-refractivity contribution in [3.8, 4) is 10.4 Å². The summed E-state index contributed by atoms with van der Waals surface area (Å²) in [5, 5.41) is 12.3. The second-order valence-electron chi connectivity index (χ2n) is 3.13. The van der Waals surface area contributed by atoms with Crippen LogP contribution >= 0.6 is 11.3 Å². The molecule has 0 amide bonds. The van der Waals surface area contributed by atoms with Gasteiger partial charge in [-0.15, -0.1) is 11.3 Å². The minimum absolute atomic E-state index is 0.0326. The molecule has 0 saturated carbocycles. The van der Waals surface area contributed by atoms with Crippen LogP contribution in [0.4, 0.5) is 15.8 Å². The smallest absolute Gasteiger partial charge is 0.295 e. The summed E-state index contributed by atoms with van der Waals surface area (Å²) >= 11 is 1.35. The molecule has 0 bridgehead atoms. The fraction of sp³-hybridized carbons (Fsp3) is 0. The van der Waals surface area contributed by atoms with Crippen LogP contribution in [0.25, 0.3) is 10.4 Å². The van der Waals surface area contributed by atoms with Gasteiger partial charge in [0.15, 0.2) is 0 Å². The first-order valence-electron chi connectivity index (χ1n) is 4.37. The second kappa shape index (κ2) is 3.90. The molecule has 2 N–H and O–H groups in total. The van der Waals surface area contributed by atoms with Crippen LogP contribution in [0, 0.1) is 15.9 Å². The van der Waals surface area contributed by atoms with E-state index in [1.165, 1.54) is 17.4 Å². The molecule has 4 nitrogen and oxygen atoms in total. The lowest BCUT2D eigenvalue weighted by Crippen LogP contribution is -1.97. The maximum Gasteiger partial charge on any atom is 0.295 e. The summed E-state index contributed by atoms with van der Waals surface area (Å²) in [4.78, 5) is 10.5. The highest BCUT2D eigenvalue weighted by Gasteiger charge is 2.17. The average Bonchev–Trinajstić information content (AvgIpc) is 2.73. The van der Waals surface area contributed by atoms with Gasteiger partial charge in [-0.25, -0.2) is 4.39 Å². The fourth-order valence-electron chi connectivity index (χ4n) is 1.36. The van der Waals surface area contributed by atoms with Gasteiger partial charge in [0.1, 0.15) is 11.5 Å². The van der Waals surface area contributed by atoms with Gasteiger partial charge in [0.25, 0.3) is 5.69 Å². The van der Waals surface area contributed by atoms with Gasteiger partial charge in [-0.05, 0) is 17.5 Å².